The van der Waals surface area contributed by atoms with Gasteiger partial charge in [-0.15, -0.1) is 6.58 Å². The molecule has 3 nitrogen and oxygen atoms in total. The van der Waals surface area contributed by atoms with Crippen LogP contribution >= 0.6 is 23.2 Å². The normalized spacial score (nSPS) is 10.2. The lowest BCUT2D eigenvalue weighted by atomic mass is 10.1. The summed E-state index contributed by atoms with van der Waals surface area (Å²) < 4.78 is 0. The Kier molecular flexibility index (Phi) is 5.51. The molecule has 0 aliphatic heterocycles. The number of benzene rings is 1. The fourth-order valence-corrected chi connectivity index (χ4v) is 1.95. The molecule has 0 heterocycles. The van der Waals surface area contributed by atoms with Crippen molar-refractivity contribution in [3.05, 3.63) is 40.4 Å². The molecule has 2 N–H and O–H groups in total. The minimum Gasteiger partial charge on any atom is -0.397 e. The Hall–Kier alpha value is -1.19. The summed E-state index contributed by atoms with van der Waals surface area (Å²) in [6.07, 6.45) is 2.56. The number of amides is 1. The first kappa shape index (κ1) is 14.9. The number of nitrogens with zero attached hydrogens (tertiary/aromatic N) is 1. The largest absolute Gasteiger partial charge is 0.397 e. The van der Waals surface area contributed by atoms with E-state index in [1.54, 1.807) is 17.0 Å². The Morgan fingerprint density at radius 3 is 2.67 bits per heavy atom. The van der Waals surface area contributed by atoms with Gasteiger partial charge in [0.25, 0.3) is 5.91 Å². The Morgan fingerprint density at radius 1 is 1.50 bits per heavy atom. The Balaban J connectivity index is 3.04. The molecule has 0 atom stereocenters. The number of carbonyl (C=O) groups is 1. The first-order valence-electron chi connectivity index (χ1n) is 5.66. The maximum atomic E-state index is 12.3. The topological polar surface area (TPSA) is 46.3 Å². The minimum absolute atomic E-state index is 0.123. The molecule has 98 valence electrons. The van der Waals surface area contributed by atoms with E-state index in [2.05, 4.69) is 6.58 Å². The summed E-state index contributed by atoms with van der Waals surface area (Å²) in [5.41, 5.74) is 6.45. The highest BCUT2D eigenvalue weighted by Crippen LogP contribution is 2.29. The van der Waals surface area contributed by atoms with Crippen LogP contribution in [0.2, 0.25) is 10.0 Å². The van der Waals surface area contributed by atoms with Crippen LogP contribution in [0.4, 0.5) is 5.69 Å². The molecule has 0 spiro atoms. The molecule has 0 radical (unpaired) electrons. The van der Waals surface area contributed by atoms with Gasteiger partial charge in [0, 0.05) is 18.7 Å². The van der Waals surface area contributed by atoms with Crippen LogP contribution in [0.5, 0.6) is 0 Å². The van der Waals surface area contributed by atoms with Gasteiger partial charge >= 0.3 is 0 Å². The number of nitrogen functional groups attached to an aromatic ring is 1. The van der Waals surface area contributed by atoms with E-state index in [0.29, 0.717) is 24.3 Å². The van der Waals surface area contributed by atoms with Crippen molar-refractivity contribution in [2.24, 2.45) is 0 Å². The van der Waals surface area contributed by atoms with E-state index in [9.17, 15) is 4.79 Å². The maximum absolute atomic E-state index is 12.3. The molecule has 0 fully saturated rings. The molecule has 0 saturated heterocycles. The highest BCUT2D eigenvalue weighted by molar-refractivity contribution is 6.43. The quantitative estimate of drug-likeness (QED) is 0.664. The zero-order valence-corrected chi connectivity index (χ0v) is 11.8. The fourth-order valence-electron chi connectivity index (χ4n) is 1.62. The van der Waals surface area contributed by atoms with E-state index in [4.69, 9.17) is 28.9 Å². The summed E-state index contributed by atoms with van der Waals surface area (Å²) >= 11 is 11.8. The molecular weight excluding hydrogens is 271 g/mol. The molecule has 0 aliphatic rings. The maximum Gasteiger partial charge on any atom is 0.254 e. The number of nitrogens with two attached hydrogens (primary N) is 1. The van der Waals surface area contributed by atoms with Gasteiger partial charge < -0.3 is 10.6 Å². The lowest BCUT2D eigenvalue weighted by Gasteiger charge is -2.20. The highest BCUT2D eigenvalue weighted by atomic mass is 35.5. The van der Waals surface area contributed by atoms with Crippen molar-refractivity contribution >= 4 is 34.8 Å². The molecule has 0 saturated carbocycles. The number of carbonyl (C=O) groups excluding carboxylic acids is 1. The first-order valence-corrected chi connectivity index (χ1v) is 6.41. The average molecular weight is 287 g/mol. The number of halogens is 2. The first-order chi connectivity index (χ1) is 8.51. The predicted molar refractivity (Wildman–Crippen MR) is 77.3 cm³/mol. The van der Waals surface area contributed by atoms with E-state index in [0.717, 1.165) is 6.42 Å². The molecule has 0 unspecified atom stereocenters. The second-order valence-electron chi connectivity index (χ2n) is 3.90. The summed E-state index contributed by atoms with van der Waals surface area (Å²) in [5.74, 6) is -0.123. The summed E-state index contributed by atoms with van der Waals surface area (Å²) in [5, 5.41) is 0.564. The van der Waals surface area contributed by atoms with Gasteiger partial charge in [-0.1, -0.05) is 36.2 Å². The second-order valence-corrected chi connectivity index (χ2v) is 4.69. The van der Waals surface area contributed by atoms with Gasteiger partial charge in [-0.2, -0.15) is 0 Å². The monoisotopic (exact) mass is 286 g/mol. The van der Waals surface area contributed by atoms with Gasteiger partial charge in [-0.3, -0.25) is 4.79 Å². The predicted octanol–water partition coefficient (Wildman–Crippen LogP) is 3.61. The zero-order chi connectivity index (χ0) is 13.7. The van der Waals surface area contributed by atoms with E-state index < -0.39 is 0 Å². The Morgan fingerprint density at radius 2 is 2.17 bits per heavy atom. The van der Waals surface area contributed by atoms with Gasteiger partial charge in [0.05, 0.1) is 15.7 Å². The summed E-state index contributed by atoms with van der Waals surface area (Å²) in [4.78, 5) is 13.9. The van der Waals surface area contributed by atoms with Crippen molar-refractivity contribution in [1.29, 1.82) is 0 Å². The van der Waals surface area contributed by atoms with Crippen LogP contribution in [-0.4, -0.2) is 23.9 Å². The molecule has 1 rings (SSSR count). The lowest BCUT2D eigenvalue weighted by molar-refractivity contribution is 0.0774. The van der Waals surface area contributed by atoms with Crippen LogP contribution in [-0.2, 0) is 0 Å². The summed E-state index contributed by atoms with van der Waals surface area (Å²) in [6, 6.07) is 3.08. The van der Waals surface area contributed by atoms with Crippen LogP contribution in [0.15, 0.2) is 24.8 Å². The van der Waals surface area contributed by atoms with Crippen molar-refractivity contribution in [3.8, 4) is 0 Å². The number of rotatable bonds is 5. The summed E-state index contributed by atoms with van der Waals surface area (Å²) in [7, 11) is 0. The minimum atomic E-state index is -0.123. The van der Waals surface area contributed by atoms with Crippen LogP contribution in [0.3, 0.4) is 0 Å². The number of anilines is 1. The Bertz CT molecular complexity index is 437. The molecule has 1 aromatic rings. The van der Waals surface area contributed by atoms with Crippen molar-refractivity contribution < 1.29 is 4.79 Å². The van der Waals surface area contributed by atoms with E-state index in [-0.39, 0.29) is 16.0 Å². The molecule has 5 heteroatoms. The van der Waals surface area contributed by atoms with Crippen molar-refractivity contribution in [3.63, 3.8) is 0 Å². The van der Waals surface area contributed by atoms with E-state index >= 15 is 0 Å². The van der Waals surface area contributed by atoms with E-state index in [1.807, 2.05) is 6.92 Å². The molecule has 0 aromatic heterocycles. The average Bonchev–Trinajstić information content (AvgIpc) is 2.34. The van der Waals surface area contributed by atoms with Crippen LogP contribution in [0, 0.1) is 0 Å². The van der Waals surface area contributed by atoms with Crippen molar-refractivity contribution in [1.82, 2.24) is 4.90 Å². The number of hydrogen-bond donors (Lipinski definition) is 1. The molecule has 0 aliphatic carbocycles. The molecule has 18 heavy (non-hydrogen) atoms. The van der Waals surface area contributed by atoms with Crippen molar-refractivity contribution in [2.45, 2.75) is 13.3 Å². The van der Waals surface area contributed by atoms with E-state index in [1.165, 1.54) is 6.07 Å². The second kappa shape index (κ2) is 6.66. The molecular formula is C13H16Cl2N2O. The zero-order valence-electron chi connectivity index (χ0n) is 10.2. The third-order valence-electron chi connectivity index (χ3n) is 2.43. The third kappa shape index (κ3) is 3.40. The molecule has 1 aromatic carbocycles. The van der Waals surface area contributed by atoms with Crippen LogP contribution in [0.1, 0.15) is 23.7 Å². The van der Waals surface area contributed by atoms with Crippen LogP contribution < -0.4 is 5.73 Å². The van der Waals surface area contributed by atoms with Crippen molar-refractivity contribution in [2.75, 3.05) is 18.8 Å². The summed E-state index contributed by atoms with van der Waals surface area (Å²) in [6.45, 7) is 6.80. The lowest BCUT2D eigenvalue weighted by Crippen LogP contribution is -2.31. The van der Waals surface area contributed by atoms with Gasteiger partial charge in [-0.25, -0.2) is 0 Å². The SMILES string of the molecule is C=CCN(CCC)C(=O)c1cc(N)c(Cl)c(Cl)c1. The highest BCUT2D eigenvalue weighted by Gasteiger charge is 2.16. The van der Waals surface area contributed by atoms with Gasteiger partial charge in [-0.05, 0) is 18.6 Å². The molecule has 1 amide bonds. The van der Waals surface area contributed by atoms with Crippen LogP contribution in [0.25, 0.3) is 0 Å². The van der Waals surface area contributed by atoms with Gasteiger partial charge in [0.1, 0.15) is 0 Å². The number of hydrogen-bond acceptors (Lipinski definition) is 2. The standard InChI is InChI=1S/C13H16Cl2N2O/c1-3-5-17(6-4-2)13(18)9-7-10(14)12(15)11(16)8-9/h3,7-8H,1,4-6,16H2,2H3. The smallest absolute Gasteiger partial charge is 0.254 e. The fraction of sp³-hybridized carbons (Fsp3) is 0.308. The van der Waals surface area contributed by atoms with Gasteiger partial charge in [0.2, 0.25) is 0 Å². The third-order valence-corrected chi connectivity index (χ3v) is 3.25. The molecule has 0 bridgehead atoms. The Labute approximate surface area is 117 Å². The van der Waals surface area contributed by atoms with Gasteiger partial charge in [0.15, 0.2) is 0 Å².